The van der Waals surface area contributed by atoms with Gasteiger partial charge in [0.2, 0.25) is 15.9 Å². The van der Waals surface area contributed by atoms with Crippen LogP contribution in [0.4, 0.5) is 11.4 Å². The van der Waals surface area contributed by atoms with E-state index in [1.807, 2.05) is 19.9 Å². The molecular weight excluding hydrogens is 418 g/mol. The quantitative estimate of drug-likeness (QED) is 0.545. The number of amides is 2. The van der Waals surface area contributed by atoms with Crippen molar-refractivity contribution in [3.8, 4) is 0 Å². The van der Waals surface area contributed by atoms with Crippen molar-refractivity contribution < 1.29 is 22.7 Å². The molecule has 2 amide bonds. The average Bonchev–Trinajstić information content (AvgIpc) is 2.71. The van der Waals surface area contributed by atoms with Crippen molar-refractivity contribution in [3.63, 3.8) is 0 Å². The van der Waals surface area contributed by atoms with Crippen LogP contribution in [0.2, 0.25) is 0 Å². The van der Waals surface area contributed by atoms with Gasteiger partial charge in [0.25, 0.3) is 5.91 Å². The molecule has 0 aliphatic heterocycles. The number of sulfonamides is 1. The van der Waals surface area contributed by atoms with E-state index in [9.17, 15) is 18.0 Å². The normalized spacial score (nSPS) is 11.1. The summed E-state index contributed by atoms with van der Waals surface area (Å²) in [6, 6.07) is 11.9. The number of benzene rings is 2. The first-order valence-electron chi connectivity index (χ1n) is 9.85. The average molecular weight is 448 g/mol. The maximum absolute atomic E-state index is 12.7. The number of hydrogen-bond donors (Lipinski definition) is 2. The molecule has 0 bridgehead atoms. The maximum Gasteiger partial charge on any atom is 0.253 e. The van der Waals surface area contributed by atoms with E-state index in [1.54, 1.807) is 43.5 Å². The maximum atomic E-state index is 12.7. The lowest BCUT2D eigenvalue weighted by molar-refractivity contribution is -0.114. The van der Waals surface area contributed by atoms with E-state index >= 15 is 0 Å². The molecule has 8 nitrogen and oxygen atoms in total. The summed E-state index contributed by atoms with van der Waals surface area (Å²) in [5.74, 6) is -0.882. The fourth-order valence-electron chi connectivity index (χ4n) is 3.01. The van der Waals surface area contributed by atoms with Gasteiger partial charge in [-0.3, -0.25) is 13.9 Å². The molecule has 0 radical (unpaired) electrons. The van der Waals surface area contributed by atoms with Crippen molar-refractivity contribution in [2.75, 3.05) is 42.7 Å². The van der Waals surface area contributed by atoms with Gasteiger partial charge in [0.1, 0.15) is 6.54 Å². The summed E-state index contributed by atoms with van der Waals surface area (Å²) in [6.07, 6.45) is 1.72. The topological polar surface area (TPSA) is 105 Å². The van der Waals surface area contributed by atoms with Gasteiger partial charge in [-0.25, -0.2) is 8.42 Å². The summed E-state index contributed by atoms with van der Waals surface area (Å²) in [5, 5.41) is 5.44. The second-order valence-corrected chi connectivity index (χ2v) is 9.09. The number of nitrogens with zero attached hydrogens (tertiary/aromatic N) is 1. The number of para-hydroxylation sites is 1. The van der Waals surface area contributed by atoms with Gasteiger partial charge >= 0.3 is 0 Å². The van der Waals surface area contributed by atoms with E-state index < -0.39 is 22.5 Å². The van der Waals surface area contributed by atoms with Crippen LogP contribution in [0.5, 0.6) is 0 Å². The second kappa shape index (κ2) is 10.9. The van der Waals surface area contributed by atoms with Crippen molar-refractivity contribution in [2.24, 2.45) is 0 Å². The summed E-state index contributed by atoms with van der Waals surface area (Å²) < 4.78 is 30.8. The third-order valence-electron chi connectivity index (χ3n) is 4.79. The Morgan fingerprint density at radius 3 is 2.45 bits per heavy atom. The Kier molecular flexibility index (Phi) is 8.58. The highest BCUT2D eigenvalue weighted by atomic mass is 32.2. The third-order valence-corrected chi connectivity index (χ3v) is 5.92. The minimum Gasteiger partial charge on any atom is -0.385 e. The molecule has 2 N–H and O–H groups in total. The highest BCUT2D eigenvalue weighted by Crippen LogP contribution is 2.25. The number of nitrogens with one attached hydrogen (secondary N) is 2. The Bertz CT molecular complexity index is 1040. The highest BCUT2D eigenvalue weighted by Gasteiger charge is 2.23. The summed E-state index contributed by atoms with van der Waals surface area (Å²) in [6.45, 7) is 4.24. The lowest BCUT2D eigenvalue weighted by Gasteiger charge is -2.24. The van der Waals surface area contributed by atoms with Crippen LogP contribution in [0.3, 0.4) is 0 Å². The first kappa shape index (κ1) is 24.4. The van der Waals surface area contributed by atoms with E-state index in [2.05, 4.69) is 10.6 Å². The number of methoxy groups -OCH3 is 1. The van der Waals surface area contributed by atoms with Crippen molar-refractivity contribution in [1.29, 1.82) is 0 Å². The van der Waals surface area contributed by atoms with Gasteiger partial charge in [-0.2, -0.15) is 0 Å². The van der Waals surface area contributed by atoms with Gasteiger partial charge in [-0.15, -0.1) is 0 Å². The number of anilines is 2. The second-order valence-electron chi connectivity index (χ2n) is 7.18. The van der Waals surface area contributed by atoms with Crippen LogP contribution in [-0.2, 0) is 19.6 Å². The molecular formula is C22H29N3O5S. The molecule has 31 heavy (non-hydrogen) atoms. The zero-order valence-electron chi connectivity index (χ0n) is 18.3. The number of hydrogen-bond acceptors (Lipinski definition) is 5. The van der Waals surface area contributed by atoms with Gasteiger partial charge in [-0.05, 0) is 49.6 Å². The predicted molar refractivity (Wildman–Crippen MR) is 122 cm³/mol. The lowest BCUT2D eigenvalue weighted by Crippen LogP contribution is -2.38. The van der Waals surface area contributed by atoms with Crippen LogP contribution in [0.15, 0.2) is 42.5 Å². The van der Waals surface area contributed by atoms with Crippen LogP contribution < -0.4 is 14.9 Å². The molecule has 2 rings (SSSR count). The van der Waals surface area contributed by atoms with Crippen molar-refractivity contribution in [1.82, 2.24) is 5.32 Å². The van der Waals surface area contributed by atoms with Crippen LogP contribution in [0.1, 0.15) is 27.9 Å². The van der Waals surface area contributed by atoms with Crippen LogP contribution in [-0.4, -0.2) is 53.3 Å². The number of ether oxygens (including phenoxy) is 1. The third kappa shape index (κ3) is 6.80. The lowest BCUT2D eigenvalue weighted by atomic mass is 10.1. The van der Waals surface area contributed by atoms with E-state index in [0.717, 1.165) is 21.7 Å². The van der Waals surface area contributed by atoms with Crippen LogP contribution in [0.25, 0.3) is 0 Å². The van der Waals surface area contributed by atoms with E-state index in [4.69, 9.17) is 4.74 Å². The van der Waals surface area contributed by atoms with Crippen molar-refractivity contribution in [2.45, 2.75) is 20.3 Å². The smallest absolute Gasteiger partial charge is 0.253 e. The standard InChI is InChI=1S/C22H29N3O5S/c1-16-9-7-12-20(17(16)2)25(31(4,28)29)15-21(26)24-19-11-6-5-10-18(19)22(27)23-13-8-14-30-3/h5-7,9-12H,8,13-15H2,1-4H3,(H,23,27)(H,24,26). The van der Waals surface area contributed by atoms with Gasteiger partial charge in [0.15, 0.2) is 0 Å². The molecule has 0 unspecified atom stereocenters. The van der Waals surface area contributed by atoms with E-state index in [0.29, 0.717) is 36.5 Å². The minimum atomic E-state index is -3.71. The Morgan fingerprint density at radius 1 is 1.06 bits per heavy atom. The molecule has 0 aliphatic carbocycles. The Hall–Kier alpha value is -2.91. The Balaban J connectivity index is 2.19. The largest absolute Gasteiger partial charge is 0.385 e. The summed E-state index contributed by atoms with van der Waals surface area (Å²) in [5.41, 5.74) is 2.75. The first-order chi connectivity index (χ1) is 14.6. The van der Waals surface area contributed by atoms with Crippen LogP contribution in [0, 0.1) is 13.8 Å². The Labute approximate surface area is 183 Å². The summed E-state index contributed by atoms with van der Waals surface area (Å²) in [7, 11) is -2.12. The van der Waals surface area contributed by atoms with Gasteiger partial charge in [-0.1, -0.05) is 24.3 Å². The fraction of sp³-hybridized carbons (Fsp3) is 0.364. The number of aryl methyl sites for hydroxylation is 1. The number of carbonyl (C=O) groups is 2. The molecule has 0 saturated carbocycles. The predicted octanol–water partition coefficient (Wildman–Crippen LogP) is 2.47. The molecule has 9 heteroatoms. The summed E-state index contributed by atoms with van der Waals surface area (Å²) in [4.78, 5) is 25.2. The molecule has 0 heterocycles. The monoisotopic (exact) mass is 447 g/mol. The zero-order chi connectivity index (χ0) is 23.0. The SMILES string of the molecule is COCCCNC(=O)c1ccccc1NC(=O)CN(c1cccc(C)c1C)S(C)(=O)=O. The van der Waals surface area contributed by atoms with Gasteiger partial charge in [0.05, 0.1) is 23.2 Å². The molecule has 0 aliphatic rings. The van der Waals surface area contributed by atoms with Crippen LogP contribution >= 0.6 is 0 Å². The fourth-order valence-corrected chi connectivity index (χ4v) is 3.92. The molecule has 2 aromatic rings. The molecule has 2 aromatic carbocycles. The molecule has 0 saturated heterocycles. The van der Waals surface area contributed by atoms with Crippen molar-refractivity contribution in [3.05, 3.63) is 59.2 Å². The van der Waals surface area contributed by atoms with Gasteiger partial charge < -0.3 is 15.4 Å². The van der Waals surface area contributed by atoms with Crippen molar-refractivity contribution >= 4 is 33.2 Å². The Morgan fingerprint density at radius 2 is 1.77 bits per heavy atom. The van der Waals surface area contributed by atoms with Gasteiger partial charge in [0, 0.05) is 20.3 Å². The summed E-state index contributed by atoms with van der Waals surface area (Å²) >= 11 is 0. The minimum absolute atomic E-state index is 0.297. The zero-order valence-corrected chi connectivity index (χ0v) is 19.1. The highest BCUT2D eigenvalue weighted by molar-refractivity contribution is 7.92. The number of carbonyl (C=O) groups excluding carboxylic acids is 2. The molecule has 0 atom stereocenters. The molecule has 0 spiro atoms. The molecule has 0 aromatic heterocycles. The van der Waals surface area contributed by atoms with E-state index in [-0.39, 0.29) is 5.91 Å². The number of rotatable bonds is 10. The first-order valence-corrected chi connectivity index (χ1v) is 11.7. The van der Waals surface area contributed by atoms with E-state index in [1.165, 1.54) is 0 Å². The molecule has 168 valence electrons. The molecule has 0 fully saturated rings.